The molecule has 0 rings (SSSR count). The molecule has 0 aliphatic heterocycles. The second kappa shape index (κ2) is 6.60. The first-order valence-electron chi connectivity index (χ1n) is 5.05. The molecule has 0 radical (unpaired) electrons. The van der Waals surface area contributed by atoms with Gasteiger partial charge in [-0.2, -0.15) is 0 Å². The third-order valence-corrected chi connectivity index (χ3v) is 4.81. The maximum Gasteiger partial charge on any atom is 0.350 e. The highest BCUT2D eigenvalue weighted by atomic mass is 32.3. The Morgan fingerprint density at radius 2 is 1.47 bits per heavy atom. The Hall–Kier alpha value is -0.760. The lowest BCUT2D eigenvalue weighted by molar-refractivity contribution is -0.154. The topological polar surface area (TPSA) is 119 Å². The highest BCUT2D eigenvalue weighted by molar-refractivity contribution is 7.81. The lowest BCUT2D eigenvalue weighted by Crippen LogP contribution is -2.45. The Kier molecular flexibility index (Phi) is 6.34. The summed E-state index contributed by atoms with van der Waals surface area (Å²) in [4.78, 5) is 23.3. The minimum Gasteiger partial charge on any atom is -0.725 e. The van der Waals surface area contributed by atoms with E-state index in [-0.39, 0.29) is 0 Å². The summed E-state index contributed by atoms with van der Waals surface area (Å²) in [5.41, 5.74) is -1.20. The maximum absolute atomic E-state index is 11.7. The fraction of sp³-hybridized carbons (Fsp3) is 0.778. The molecule has 2 atom stereocenters. The quantitative estimate of drug-likeness (QED) is 0.277. The zero-order chi connectivity index (χ0) is 15.4. The molecule has 0 aromatic rings. The minimum atomic E-state index is -5.17. The van der Waals surface area contributed by atoms with Gasteiger partial charge in [0.1, 0.15) is 0 Å². The van der Waals surface area contributed by atoms with Gasteiger partial charge in [0.25, 0.3) is 0 Å². The lowest BCUT2D eigenvalue weighted by Gasteiger charge is -2.28. The molecule has 0 saturated carbocycles. The fourth-order valence-electron chi connectivity index (χ4n) is 1.43. The summed E-state index contributed by atoms with van der Waals surface area (Å²) in [5, 5.41) is 0. The molecule has 0 bridgehead atoms. The van der Waals surface area contributed by atoms with E-state index in [4.69, 9.17) is 0 Å². The zero-order valence-corrected chi connectivity index (χ0v) is 13.0. The standard InChI is InChI=1S/C9H17O8PS/c1-15-8(10)6(17-19(12,13)14)7(9(11)16-2)18(3,4)5/h6-7H,1-5H3/t6-,7-/m1/s1. The number of methoxy groups -OCH3 is 2. The molecule has 0 spiro atoms. The van der Waals surface area contributed by atoms with E-state index < -0.39 is 41.4 Å². The van der Waals surface area contributed by atoms with Crippen molar-refractivity contribution in [1.82, 2.24) is 0 Å². The summed E-state index contributed by atoms with van der Waals surface area (Å²) >= 11 is 0. The van der Waals surface area contributed by atoms with Crippen LogP contribution in [0.3, 0.4) is 0 Å². The van der Waals surface area contributed by atoms with E-state index in [0.717, 1.165) is 14.2 Å². The van der Waals surface area contributed by atoms with Gasteiger partial charge < -0.3 is 14.0 Å². The van der Waals surface area contributed by atoms with E-state index in [1.807, 2.05) is 0 Å². The van der Waals surface area contributed by atoms with Crippen LogP contribution < -0.4 is 0 Å². The summed E-state index contributed by atoms with van der Waals surface area (Å²) in [6.45, 7) is 5.02. The molecule has 0 saturated heterocycles. The van der Waals surface area contributed by atoms with Gasteiger partial charge in [-0.1, -0.05) is 0 Å². The number of hydrogen-bond donors (Lipinski definition) is 0. The highest BCUT2D eigenvalue weighted by Crippen LogP contribution is 2.54. The molecule has 19 heavy (non-hydrogen) atoms. The summed E-state index contributed by atoms with van der Waals surface area (Å²) in [6, 6.07) is 0. The number of esters is 2. The molecule has 0 aromatic heterocycles. The van der Waals surface area contributed by atoms with Crippen molar-refractivity contribution in [2.24, 2.45) is 0 Å². The van der Waals surface area contributed by atoms with Gasteiger partial charge in [-0.3, -0.25) is 4.18 Å². The molecule has 0 aliphatic rings. The first-order valence-corrected chi connectivity index (χ1v) is 9.58. The number of rotatable bonds is 6. The third kappa shape index (κ3) is 5.82. The van der Waals surface area contributed by atoms with Gasteiger partial charge in [-0.15, -0.1) is 0 Å². The molecule has 0 fully saturated rings. The Bertz CT molecular complexity index is 438. The number of ether oxygens (including phenoxy) is 2. The van der Waals surface area contributed by atoms with Crippen LogP contribution in [0.2, 0.25) is 0 Å². The van der Waals surface area contributed by atoms with Crippen LogP contribution >= 0.6 is 7.26 Å². The minimum absolute atomic E-state index is 0.833. The first-order chi connectivity index (χ1) is 8.44. The summed E-state index contributed by atoms with van der Waals surface area (Å²) in [7, 11) is -5.20. The lowest BCUT2D eigenvalue weighted by atomic mass is 10.2. The molecule has 0 heterocycles. The normalized spacial score (nSPS) is 15.5. The summed E-state index contributed by atoms with van der Waals surface area (Å²) in [5.74, 6) is -1.95. The Labute approximate surface area is 112 Å². The SMILES string of the molecule is COC(=O)[C@H](OS(=O)(=O)[O-])[C@H](C(=O)OC)[P+](C)(C)C. The predicted octanol–water partition coefficient (Wildman–Crippen LogP) is -0.547. The third-order valence-electron chi connectivity index (χ3n) is 2.22. The van der Waals surface area contributed by atoms with Gasteiger partial charge in [-0.05, 0) is 0 Å². The van der Waals surface area contributed by atoms with Crippen molar-refractivity contribution in [2.75, 3.05) is 34.2 Å². The van der Waals surface area contributed by atoms with Crippen molar-refractivity contribution in [3.8, 4) is 0 Å². The molecule has 0 amide bonds. The van der Waals surface area contributed by atoms with Gasteiger partial charge in [-0.25, -0.2) is 18.0 Å². The van der Waals surface area contributed by atoms with Crippen LogP contribution in [0.5, 0.6) is 0 Å². The van der Waals surface area contributed by atoms with Gasteiger partial charge in [0.15, 0.2) is 0 Å². The largest absolute Gasteiger partial charge is 0.725 e. The summed E-state index contributed by atoms with van der Waals surface area (Å²) in [6.07, 6.45) is -1.84. The van der Waals surface area contributed by atoms with Gasteiger partial charge in [0.2, 0.25) is 22.2 Å². The van der Waals surface area contributed by atoms with Gasteiger partial charge in [0.05, 0.1) is 14.2 Å². The van der Waals surface area contributed by atoms with Gasteiger partial charge >= 0.3 is 11.9 Å². The second-order valence-electron chi connectivity index (χ2n) is 4.53. The van der Waals surface area contributed by atoms with Crippen molar-refractivity contribution in [3.05, 3.63) is 0 Å². The zero-order valence-electron chi connectivity index (χ0n) is 11.3. The smallest absolute Gasteiger partial charge is 0.350 e. The predicted molar refractivity (Wildman–Crippen MR) is 67.1 cm³/mol. The number of hydrogen-bond acceptors (Lipinski definition) is 8. The molecule has 0 unspecified atom stereocenters. The van der Waals surface area contributed by atoms with Crippen molar-refractivity contribution >= 4 is 29.6 Å². The Morgan fingerprint density at radius 1 is 1.05 bits per heavy atom. The van der Waals surface area contributed by atoms with Crippen molar-refractivity contribution in [2.45, 2.75) is 11.8 Å². The molecule has 112 valence electrons. The van der Waals surface area contributed by atoms with Crippen LogP contribution in [0, 0.1) is 0 Å². The second-order valence-corrected chi connectivity index (χ2v) is 10.3. The number of carbonyl (C=O) groups is 2. The average Bonchev–Trinajstić information content (AvgIpc) is 2.23. The monoisotopic (exact) mass is 316 g/mol. The van der Waals surface area contributed by atoms with E-state index in [0.29, 0.717) is 0 Å². The van der Waals surface area contributed by atoms with Crippen LogP contribution in [0.15, 0.2) is 0 Å². The van der Waals surface area contributed by atoms with Crippen LogP contribution in [0.25, 0.3) is 0 Å². The number of carbonyl (C=O) groups excluding carboxylic acids is 2. The van der Waals surface area contributed by atoms with E-state index in [1.54, 1.807) is 20.0 Å². The average molecular weight is 316 g/mol. The van der Waals surface area contributed by atoms with Crippen LogP contribution in [-0.2, 0) is 33.6 Å². The molecular weight excluding hydrogens is 299 g/mol. The van der Waals surface area contributed by atoms with Crippen molar-refractivity contribution in [3.63, 3.8) is 0 Å². The van der Waals surface area contributed by atoms with E-state index in [9.17, 15) is 22.6 Å². The molecular formula is C9H17O8PS. The fourth-order valence-corrected chi connectivity index (χ4v) is 3.69. The van der Waals surface area contributed by atoms with Crippen LogP contribution in [0.4, 0.5) is 0 Å². The summed E-state index contributed by atoms with van der Waals surface area (Å²) < 4.78 is 45.1. The molecule has 0 aromatic carbocycles. The van der Waals surface area contributed by atoms with Crippen molar-refractivity contribution in [1.29, 1.82) is 0 Å². The van der Waals surface area contributed by atoms with Crippen molar-refractivity contribution < 1.29 is 36.2 Å². The molecule has 10 heteroatoms. The molecule has 0 aliphatic carbocycles. The van der Waals surface area contributed by atoms with E-state index in [1.165, 1.54) is 0 Å². The Morgan fingerprint density at radius 3 is 1.74 bits per heavy atom. The maximum atomic E-state index is 11.7. The van der Waals surface area contributed by atoms with Crippen LogP contribution in [0.1, 0.15) is 0 Å². The van der Waals surface area contributed by atoms with Gasteiger partial charge in [0, 0.05) is 27.3 Å². The van der Waals surface area contributed by atoms with E-state index in [2.05, 4.69) is 13.7 Å². The molecule has 0 N–H and O–H groups in total. The highest BCUT2D eigenvalue weighted by Gasteiger charge is 2.50. The molecule has 8 nitrogen and oxygen atoms in total. The van der Waals surface area contributed by atoms with E-state index >= 15 is 0 Å². The Balaban J connectivity index is 5.63. The first kappa shape index (κ1) is 18.2. The van der Waals surface area contributed by atoms with Crippen LogP contribution in [-0.4, -0.2) is 70.9 Å².